The molecule has 0 radical (unpaired) electrons. The van der Waals surface area contributed by atoms with Crippen molar-refractivity contribution < 1.29 is 9.47 Å². The number of rotatable bonds is 9. The summed E-state index contributed by atoms with van der Waals surface area (Å²) in [7, 11) is 1.70. The van der Waals surface area contributed by atoms with Crippen molar-refractivity contribution in [2.24, 2.45) is 0 Å². The Morgan fingerprint density at radius 3 is 2.63 bits per heavy atom. The fraction of sp³-hybridized carbons (Fsp3) is 0.786. The molecule has 1 heterocycles. The molecule has 0 fully saturated rings. The number of ether oxygens (including phenoxy) is 2. The highest BCUT2D eigenvalue weighted by molar-refractivity contribution is 6.20. The standard InChI is InChI=1S/C14H25ClN2O2/c1-5-13(15)14-11(2)16-17(12(14)3)7-10-19-9-6-8-18-4/h13H,5-10H2,1-4H3. The molecule has 0 spiro atoms. The van der Waals surface area contributed by atoms with Gasteiger partial charge in [0.15, 0.2) is 0 Å². The third-order valence-corrected chi connectivity index (χ3v) is 3.72. The smallest absolute Gasteiger partial charge is 0.0662 e. The zero-order valence-electron chi connectivity index (χ0n) is 12.4. The first-order chi connectivity index (χ1) is 9.11. The second-order valence-electron chi connectivity index (χ2n) is 4.64. The van der Waals surface area contributed by atoms with Gasteiger partial charge in [-0.25, -0.2) is 0 Å². The van der Waals surface area contributed by atoms with E-state index in [4.69, 9.17) is 21.1 Å². The van der Waals surface area contributed by atoms with E-state index in [2.05, 4.69) is 18.9 Å². The Labute approximate surface area is 121 Å². The Balaban J connectivity index is 2.46. The van der Waals surface area contributed by atoms with Crippen LogP contribution < -0.4 is 0 Å². The molecule has 1 aromatic heterocycles. The second-order valence-corrected chi connectivity index (χ2v) is 5.17. The number of aromatic nitrogens is 2. The summed E-state index contributed by atoms with van der Waals surface area (Å²) >= 11 is 6.33. The molecule has 1 atom stereocenters. The van der Waals surface area contributed by atoms with E-state index in [1.165, 1.54) is 5.56 Å². The van der Waals surface area contributed by atoms with Crippen LogP contribution in [0, 0.1) is 13.8 Å². The van der Waals surface area contributed by atoms with Gasteiger partial charge in [-0.1, -0.05) is 6.92 Å². The van der Waals surface area contributed by atoms with Crippen molar-refractivity contribution in [1.82, 2.24) is 9.78 Å². The molecule has 0 bridgehead atoms. The minimum absolute atomic E-state index is 0.0522. The minimum atomic E-state index is 0.0522. The summed E-state index contributed by atoms with van der Waals surface area (Å²) in [6.07, 6.45) is 1.85. The van der Waals surface area contributed by atoms with Gasteiger partial charge in [0.05, 0.1) is 24.2 Å². The maximum atomic E-state index is 6.33. The molecule has 1 aromatic rings. The van der Waals surface area contributed by atoms with Gasteiger partial charge in [-0.3, -0.25) is 4.68 Å². The van der Waals surface area contributed by atoms with Crippen molar-refractivity contribution in [1.29, 1.82) is 0 Å². The summed E-state index contributed by atoms with van der Waals surface area (Å²) in [4.78, 5) is 0. The zero-order chi connectivity index (χ0) is 14.3. The van der Waals surface area contributed by atoms with Gasteiger partial charge in [0.25, 0.3) is 0 Å². The van der Waals surface area contributed by atoms with E-state index in [9.17, 15) is 0 Å². The maximum Gasteiger partial charge on any atom is 0.0662 e. The molecule has 0 aliphatic rings. The van der Waals surface area contributed by atoms with Crippen LogP contribution >= 0.6 is 11.6 Å². The Hall–Kier alpha value is -0.580. The molecule has 0 saturated heterocycles. The molecule has 0 N–H and O–H groups in total. The van der Waals surface area contributed by atoms with Crippen LogP contribution in [0.1, 0.15) is 42.1 Å². The van der Waals surface area contributed by atoms with Crippen LogP contribution in [0.15, 0.2) is 0 Å². The Morgan fingerprint density at radius 1 is 1.26 bits per heavy atom. The van der Waals surface area contributed by atoms with Crippen molar-refractivity contribution in [3.05, 3.63) is 17.0 Å². The molecule has 5 heteroatoms. The largest absolute Gasteiger partial charge is 0.385 e. The molecule has 0 aliphatic carbocycles. The summed E-state index contributed by atoms with van der Waals surface area (Å²) in [5.74, 6) is 0. The van der Waals surface area contributed by atoms with E-state index in [1.54, 1.807) is 7.11 Å². The first-order valence-electron chi connectivity index (χ1n) is 6.86. The monoisotopic (exact) mass is 288 g/mol. The molecule has 0 aliphatic heterocycles. The summed E-state index contributed by atoms with van der Waals surface area (Å²) < 4.78 is 12.5. The van der Waals surface area contributed by atoms with E-state index < -0.39 is 0 Å². The van der Waals surface area contributed by atoms with E-state index in [0.717, 1.165) is 44.0 Å². The van der Waals surface area contributed by atoms with Crippen molar-refractivity contribution in [2.75, 3.05) is 26.9 Å². The lowest BCUT2D eigenvalue weighted by Crippen LogP contribution is -2.10. The second kappa shape index (κ2) is 8.56. The van der Waals surface area contributed by atoms with Crippen LogP contribution in [0.4, 0.5) is 0 Å². The van der Waals surface area contributed by atoms with E-state index in [1.807, 2.05) is 11.6 Å². The molecular formula is C14H25ClN2O2. The first-order valence-corrected chi connectivity index (χ1v) is 7.30. The molecule has 0 aromatic carbocycles. The number of hydrogen-bond donors (Lipinski definition) is 0. The van der Waals surface area contributed by atoms with Crippen LogP contribution in [0.5, 0.6) is 0 Å². The minimum Gasteiger partial charge on any atom is -0.385 e. The van der Waals surface area contributed by atoms with Crippen molar-refractivity contribution in [3.63, 3.8) is 0 Å². The number of alkyl halides is 1. The summed E-state index contributed by atoms with van der Waals surface area (Å²) in [6.45, 7) is 9.10. The van der Waals surface area contributed by atoms with Crippen LogP contribution in [-0.4, -0.2) is 36.7 Å². The Morgan fingerprint density at radius 2 is 2.00 bits per heavy atom. The molecule has 0 amide bonds. The Kier molecular flexibility index (Phi) is 7.42. The van der Waals surface area contributed by atoms with Crippen LogP contribution in [-0.2, 0) is 16.0 Å². The lowest BCUT2D eigenvalue weighted by Gasteiger charge is -2.09. The highest BCUT2D eigenvalue weighted by Gasteiger charge is 2.17. The molecule has 1 unspecified atom stereocenters. The normalized spacial score (nSPS) is 12.9. The van der Waals surface area contributed by atoms with E-state index in [-0.39, 0.29) is 5.38 Å². The molecule has 1 rings (SSSR count). The van der Waals surface area contributed by atoms with Crippen molar-refractivity contribution >= 4 is 11.6 Å². The Bertz CT molecular complexity index is 380. The van der Waals surface area contributed by atoms with Crippen LogP contribution in [0.2, 0.25) is 0 Å². The number of halogens is 1. The fourth-order valence-electron chi connectivity index (χ4n) is 2.14. The predicted octanol–water partition coefficient (Wildman–Crippen LogP) is 3.24. The van der Waals surface area contributed by atoms with Gasteiger partial charge >= 0.3 is 0 Å². The lowest BCUT2D eigenvalue weighted by atomic mass is 10.1. The van der Waals surface area contributed by atoms with Gasteiger partial charge in [-0.05, 0) is 26.7 Å². The summed E-state index contributed by atoms with van der Waals surface area (Å²) in [6, 6.07) is 0. The SMILES string of the molecule is CCC(Cl)c1c(C)nn(CCOCCCOC)c1C. The lowest BCUT2D eigenvalue weighted by molar-refractivity contribution is 0.0958. The van der Waals surface area contributed by atoms with E-state index >= 15 is 0 Å². The van der Waals surface area contributed by atoms with Gasteiger partial charge in [-0.15, -0.1) is 11.6 Å². The van der Waals surface area contributed by atoms with Gasteiger partial charge in [0.1, 0.15) is 0 Å². The quantitative estimate of drug-likeness (QED) is 0.517. The number of methoxy groups -OCH3 is 1. The predicted molar refractivity (Wildman–Crippen MR) is 77.9 cm³/mol. The summed E-state index contributed by atoms with van der Waals surface area (Å²) in [5.41, 5.74) is 3.35. The number of aryl methyl sites for hydroxylation is 1. The van der Waals surface area contributed by atoms with Gasteiger partial charge in [-0.2, -0.15) is 5.10 Å². The first kappa shape index (κ1) is 16.5. The average Bonchev–Trinajstić information content (AvgIpc) is 2.68. The zero-order valence-corrected chi connectivity index (χ0v) is 13.2. The summed E-state index contributed by atoms with van der Waals surface area (Å²) in [5, 5.41) is 4.59. The highest BCUT2D eigenvalue weighted by Crippen LogP contribution is 2.29. The maximum absolute atomic E-state index is 6.33. The molecule has 110 valence electrons. The van der Waals surface area contributed by atoms with Crippen molar-refractivity contribution in [3.8, 4) is 0 Å². The molecule has 4 nitrogen and oxygen atoms in total. The topological polar surface area (TPSA) is 36.3 Å². The van der Waals surface area contributed by atoms with Gasteiger partial charge in [0.2, 0.25) is 0 Å². The third-order valence-electron chi connectivity index (χ3n) is 3.19. The number of hydrogen-bond acceptors (Lipinski definition) is 3. The van der Waals surface area contributed by atoms with E-state index in [0.29, 0.717) is 6.61 Å². The number of nitrogens with zero attached hydrogens (tertiary/aromatic N) is 2. The van der Waals surface area contributed by atoms with Gasteiger partial charge in [0, 0.05) is 31.6 Å². The van der Waals surface area contributed by atoms with Crippen LogP contribution in [0.25, 0.3) is 0 Å². The molecular weight excluding hydrogens is 264 g/mol. The van der Waals surface area contributed by atoms with Crippen molar-refractivity contribution in [2.45, 2.75) is 45.5 Å². The van der Waals surface area contributed by atoms with Gasteiger partial charge < -0.3 is 9.47 Å². The average molecular weight is 289 g/mol. The molecule has 19 heavy (non-hydrogen) atoms. The fourth-order valence-corrected chi connectivity index (χ4v) is 2.46. The van der Waals surface area contributed by atoms with Crippen LogP contribution in [0.3, 0.4) is 0 Å². The third kappa shape index (κ3) is 4.79. The highest BCUT2D eigenvalue weighted by atomic mass is 35.5. The molecule has 0 saturated carbocycles.